The molecule has 0 bridgehead atoms. The van der Waals surface area contributed by atoms with Crippen LogP contribution in [0.25, 0.3) is 0 Å². The summed E-state index contributed by atoms with van der Waals surface area (Å²) >= 11 is 0. The average molecular weight is 273 g/mol. The molecule has 0 spiro atoms. The first-order valence-corrected chi connectivity index (χ1v) is 4.84. The van der Waals surface area contributed by atoms with E-state index in [9.17, 15) is 0 Å². The molecule has 1 fully saturated rings. The summed E-state index contributed by atoms with van der Waals surface area (Å²) in [5.74, 6) is 0.383. The molecular formula is C8H18Cl2N4O2. The van der Waals surface area contributed by atoms with E-state index in [0.717, 1.165) is 12.8 Å². The van der Waals surface area contributed by atoms with Crippen molar-refractivity contribution in [2.75, 3.05) is 19.8 Å². The molecule has 96 valence electrons. The van der Waals surface area contributed by atoms with E-state index in [1.807, 2.05) is 0 Å². The number of hydrogen-bond donors (Lipinski definition) is 3. The monoisotopic (exact) mass is 272 g/mol. The van der Waals surface area contributed by atoms with E-state index in [2.05, 4.69) is 10.3 Å². The zero-order valence-electron chi connectivity index (χ0n) is 8.85. The summed E-state index contributed by atoms with van der Waals surface area (Å²) in [7, 11) is 0. The van der Waals surface area contributed by atoms with Crippen LogP contribution in [0.2, 0.25) is 0 Å². The molecule has 0 aromatic heterocycles. The highest BCUT2D eigenvalue weighted by molar-refractivity contribution is 5.85. The maximum Gasteiger partial charge on any atom is 0.199 e. The van der Waals surface area contributed by atoms with Gasteiger partial charge in [-0.05, 0) is 13.0 Å². The molecule has 0 saturated carbocycles. The summed E-state index contributed by atoms with van der Waals surface area (Å²) in [6.45, 7) is 1.75. The lowest BCUT2D eigenvalue weighted by atomic mass is 10.1. The Hall–Kier alpha value is -0.270. The van der Waals surface area contributed by atoms with E-state index in [1.54, 1.807) is 0 Å². The number of hydrogen-bond acceptors (Lipinski definition) is 6. The number of halogens is 2. The Kier molecular flexibility index (Phi) is 6.35. The summed E-state index contributed by atoms with van der Waals surface area (Å²) in [6.07, 6.45) is 1.30. The molecule has 16 heavy (non-hydrogen) atoms. The first kappa shape index (κ1) is 15.7. The number of aliphatic imine (C=N–C) groups is 1. The van der Waals surface area contributed by atoms with E-state index in [-0.39, 0.29) is 31.0 Å². The lowest BCUT2D eigenvalue weighted by Crippen LogP contribution is -2.57. The molecule has 2 aliphatic rings. The highest BCUT2D eigenvalue weighted by Crippen LogP contribution is 2.29. The molecule has 0 aromatic rings. The molecule has 0 aromatic carbocycles. The normalized spacial score (nSPS) is 31.6. The van der Waals surface area contributed by atoms with Gasteiger partial charge in [-0.3, -0.25) is 0 Å². The van der Waals surface area contributed by atoms with Gasteiger partial charge < -0.3 is 26.3 Å². The van der Waals surface area contributed by atoms with Gasteiger partial charge in [0.25, 0.3) is 0 Å². The first-order chi connectivity index (χ1) is 6.77. The van der Waals surface area contributed by atoms with Crippen LogP contribution in [0.4, 0.5) is 0 Å². The smallest absolute Gasteiger partial charge is 0.199 e. The van der Waals surface area contributed by atoms with E-state index in [0.29, 0.717) is 25.7 Å². The van der Waals surface area contributed by atoms with Crippen molar-refractivity contribution >= 4 is 30.8 Å². The maximum absolute atomic E-state index is 5.68. The van der Waals surface area contributed by atoms with Crippen LogP contribution in [0.15, 0.2) is 4.99 Å². The van der Waals surface area contributed by atoms with Gasteiger partial charge in [-0.2, -0.15) is 0 Å². The van der Waals surface area contributed by atoms with Crippen molar-refractivity contribution in [3.8, 4) is 0 Å². The van der Waals surface area contributed by atoms with E-state index >= 15 is 0 Å². The van der Waals surface area contributed by atoms with Crippen LogP contribution in [-0.4, -0.2) is 37.7 Å². The predicted molar refractivity (Wildman–Crippen MR) is 66.0 cm³/mol. The summed E-state index contributed by atoms with van der Waals surface area (Å²) in [5, 5.41) is 3.03. The van der Waals surface area contributed by atoms with Crippen molar-refractivity contribution in [1.29, 1.82) is 0 Å². The average Bonchev–Trinajstić information content (AvgIpc) is 2.51. The molecule has 2 atom stereocenters. The number of rotatable bonds is 3. The lowest BCUT2D eigenvalue weighted by molar-refractivity contribution is -0.203. The van der Waals surface area contributed by atoms with Crippen LogP contribution >= 0.6 is 24.8 Å². The predicted octanol–water partition coefficient (Wildman–Crippen LogP) is -0.444. The van der Waals surface area contributed by atoms with Crippen LogP contribution in [0.5, 0.6) is 0 Å². The molecular weight excluding hydrogens is 255 g/mol. The number of nitrogens with two attached hydrogens (primary N) is 2. The van der Waals surface area contributed by atoms with Gasteiger partial charge in [0.15, 0.2) is 17.9 Å². The molecule has 0 amide bonds. The van der Waals surface area contributed by atoms with Gasteiger partial charge in [-0.1, -0.05) is 0 Å². The summed E-state index contributed by atoms with van der Waals surface area (Å²) in [5.41, 5.74) is 10.5. The third-order valence-electron chi connectivity index (χ3n) is 2.47. The maximum atomic E-state index is 5.68. The van der Waals surface area contributed by atoms with Crippen LogP contribution in [0, 0.1) is 0 Å². The van der Waals surface area contributed by atoms with Crippen molar-refractivity contribution < 1.29 is 9.47 Å². The van der Waals surface area contributed by atoms with Gasteiger partial charge in [0.1, 0.15) is 0 Å². The molecule has 5 N–H and O–H groups in total. The molecule has 0 unspecified atom stereocenters. The van der Waals surface area contributed by atoms with Crippen molar-refractivity contribution in [2.24, 2.45) is 16.5 Å². The molecule has 2 heterocycles. The van der Waals surface area contributed by atoms with Gasteiger partial charge in [-0.25, -0.2) is 4.99 Å². The third-order valence-corrected chi connectivity index (χ3v) is 2.47. The molecule has 0 aliphatic carbocycles. The van der Waals surface area contributed by atoms with Crippen molar-refractivity contribution in [3.05, 3.63) is 0 Å². The number of nitrogens with one attached hydrogen (secondary N) is 1. The second-order valence-corrected chi connectivity index (χ2v) is 3.49. The first-order valence-electron chi connectivity index (χ1n) is 4.84. The Morgan fingerprint density at radius 2 is 2.19 bits per heavy atom. The number of guanidine groups is 1. The molecule has 1 saturated heterocycles. The summed E-state index contributed by atoms with van der Waals surface area (Å²) < 4.78 is 11.2. The minimum absolute atomic E-state index is 0. The van der Waals surface area contributed by atoms with E-state index in [1.165, 1.54) is 0 Å². The lowest BCUT2D eigenvalue weighted by Gasteiger charge is -2.37. The van der Waals surface area contributed by atoms with Crippen molar-refractivity contribution in [3.63, 3.8) is 0 Å². The highest BCUT2D eigenvalue weighted by atomic mass is 35.5. The van der Waals surface area contributed by atoms with Crippen LogP contribution in [0.3, 0.4) is 0 Å². The number of ether oxygens (including phenoxy) is 2. The van der Waals surface area contributed by atoms with Gasteiger partial charge in [-0.15, -0.1) is 24.8 Å². The number of fused-ring (bicyclic) bond motifs is 1. The third kappa shape index (κ3) is 2.89. The fraction of sp³-hybridized carbons (Fsp3) is 0.875. The zero-order chi connectivity index (χ0) is 10.0. The largest absolute Gasteiger partial charge is 0.370 e. The molecule has 8 heteroatoms. The van der Waals surface area contributed by atoms with Gasteiger partial charge in [0.2, 0.25) is 0 Å². The quantitative estimate of drug-likeness (QED) is 0.647. The Balaban J connectivity index is 0.00000112. The SMILES string of the molecule is Cl.Cl.NCCC[C@@]12NC(N)=N[C@@H]1OCCO2. The van der Waals surface area contributed by atoms with Gasteiger partial charge in [0.05, 0.1) is 13.2 Å². The Morgan fingerprint density at radius 1 is 1.44 bits per heavy atom. The van der Waals surface area contributed by atoms with Crippen LogP contribution in [-0.2, 0) is 9.47 Å². The molecule has 6 nitrogen and oxygen atoms in total. The Morgan fingerprint density at radius 3 is 2.88 bits per heavy atom. The number of nitrogens with zero attached hydrogens (tertiary/aromatic N) is 1. The molecule has 0 radical (unpaired) electrons. The van der Waals surface area contributed by atoms with E-state index in [4.69, 9.17) is 20.9 Å². The zero-order valence-corrected chi connectivity index (χ0v) is 10.5. The van der Waals surface area contributed by atoms with Crippen molar-refractivity contribution in [1.82, 2.24) is 5.32 Å². The molecule has 2 aliphatic heterocycles. The minimum atomic E-state index is -0.568. The van der Waals surface area contributed by atoms with Crippen LogP contribution in [0.1, 0.15) is 12.8 Å². The highest BCUT2D eigenvalue weighted by Gasteiger charge is 2.47. The molecule has 2 rings (SSSR count). The topological polar surface area (TPSA) is 94.9 Å². The van der Waals surface area contributed by atoms with Crippen molar-refractivity contribution in [2.45, 2.75) is 24.8 Å². The second kappa shape index (κ2) is 6.46. The van der Waals surface area contributed by atoms with Gasteiger partial charge >= 0.3 is 0 Å². The fourth-order valence-corrected chi connectivity index (χ4v) is 1.83. The fourth-order valence-electron chi connectivity index (χ4n) is 1.83. The summed E-state index contributed by atoms with van der Waals surface area (Å²) in [4.78, 5) is 4.13. The van der Waals surface area contributed by atoms with E-state index < -0.39 is 5.72 Å². The Bertz CT molecular complexity index is 254. The summed E-state index contributed by atoms with van der Waals surface area (Å²) in [6, 6.07) is 0. The second-order valence-electron chi connectivity index (χ2n) is 3.49. The Labute approximate surface area is 107 Å². The minimum Gasteiger partial charge on any atom is -0.370 e. The van der Waals surface area contributed by atoms with Gasteiger partial charge in [0, 0.05) is 6.42 Å². The standard InChI is InChI=1S/C8H16N4O2.2ClH/c9-3-1-2-8-6(11-7(10)12-8)13-4-5-14-8;;/h6H,1-5,9H2,(H3,10,11,12);2*1H/t6-,8+;;/m1../s1. The van der Waals surface area contributed by atoms with Crippen LogP contribution < -0.4 is 16.8 Å².